The Bertz CT molecular complexity index is 672. The summed E-state index contributed by atoms with van der Waals surface area (Å²) in [5.41, 5.74) is 1.35. The Morgan fingerprint density at radius 3 is 2.90 bits per heavy atom. The van der Waals surface area contributed by atoms with Gasteiger partial charge in [-0.1, -0.05) is 0 Å². The summed E-state index contributed by atoms with van der Waals surface area (Å²) in [6.07, 6.45) is 6.63. The van der Waals surface area contributed by atoms with Crippen molar-refractivity contribution in [2.24, 2.45) is 0 Å². The molecule has 0 bridgehead atoms. The van der Waals surface area contributed by atoms with Gasteiger partial charge in [-0.05, 0) is 24.3 Å². The minimum atomic E-state index is -0.181. The van der Waals surface area contributed by atoms with Gasteiger partial charge in [-0.15, -0.1) is 0 Å². The lowest BCUT2D eigenvalue weighted by Gasteiger charge is -2.04. The molecule has 3 heterocycles. The Hall–Kier alpha value is -2.96. The third-order valence-electron chi connectivity index (χ3n) is 2.75. The van der Waals surface area contributed by atoms with E-state index in [4.69, 9.17) is 0 Å². The van der Waals surface area contributed by atoms with Crippen molar-refractivity contribution in [2.45, 2.75) is 6.54 Å². The highest BCUT2D eigenvalue weighted by molar-refractivity contribution is 5.93. The molecule has 2 N–H and O–H groups in total. The summed E-state index contributed by atoms with van der Waals surface area (Å²) in [6.45, 7) is 0.403. The molecule has 0 aromatic carbocycles. The molecule has 0 unspecified atom stereocenters. The molecule has 0 aliphatic rings. The molecule has 0 fully saturated rings. The van der Waals surface area contributed by atoms with Crippen molar-refractivity contribution in [1.29, 1.82) is 0 Å². The molecule has 100 valence electrons. The average Bonchev–Trinajstić information content (AvgIpc) is 3.18. The topological polar surface area (TPSA) is 88.5 Å². The van der Waals surface area contributed by atoms with Crippen molar-refractivity contribution in [3.8, 4) is 5.82 Å². The first kappa shape index (κ1) is 12.1. The molecule has 0 saturated heterocycles. The summed E-state index contributed by atoms with van der Waals surface area (Å²) in [5, 5.41) is 13.5. The molecule has 0 aliphatic heterocycles. The molecule has 3 aromatic heterocycles. The summed E-state index contributed by atoms with van der Waals surface area (Å²) in [5.74, 6) is 0.485. The van der Waals surface area contributed by atoms with Crippen LogP contribution in [-0.2, 0) is 6.54 Å². The lowest BCUT2D eigenvalue weighted by atomic mass is 10.2. The molecule has 0 spiro atoms. The molecule has 7 nitrogen and oxygen atoms in total. The lowest BCUT2D eigenvalue weighted by Crippen LogP contribution is -2.23. The summed E-state index contributed by atoms with van der Waals surface area (Å²) in [7, 11) is 0. The zero-order chi connectivity index (χ0) is 13.8. The number of carbonyl (C=O) groups excluding carboxylic acids is 1. The first-order valence-corrected chi connectivity index (χ1v) is 6.05. The summed E-state index contributed by atoms with van der Waals surface area (Å²) < 4.78 is 1.63. The molecule has 3 aromatic rings. The van der Waals surface area contributed by atoms with Crippen LogP contribution in [-0.4, -0.2) is 30.9 Å². The van der Waals surface area contributed by atoms with Crippen LogP contribution in [0, 0.1) is 0 Å². The Morgan fingerprint density at radius 2 is 2.25 bits per heavy atom. The van der Waals surface area contributed by atoms with E-state index in [1.807, 2.05) is 6.07 Å². The molecule has 20 heavy (non-hydrogen) atoms. The Kier molecular flexibility index (Phi) is 3.24. The number of amides is 1. The van der Waals surface area contributed by atoms with Crippen LogP contribution in [0.2, 0.25) is 0 Å². The molecular weight excluding hydrogens is 256 g/mol. The molecule has 1 amide bonds. The number of pyridine rings is 1. The zero-order valence-electron chi connectivity index (χ0n) is 10.5. The number of nitrogens with zero attached hydrogens (tertiary/aromatic N) is 4. The van der Waals surface area contributed by atoms with Crippen LogP contribution in [0.5, 0.6) is 0 Å². The molecule has 0 atom stereocenters. The van der Waals surface area contributed by atoms with Crippen LogP contribution >= 0.6 is 0 Å². The van der Waals surface area contributed by atoms with E-state index in [1.165, 1.54) is 6.20 Å². The van der Waals surface area contributed by atoms with E-state index in [-0.39, 0.29) is 5.91 Å². The zero-order valence-corrected chi connectivity index (χ0v) is 10.5. The van der Waals surface area contributed by atoms with Gasteiger partial charge in [0.05, 0.1) is 17.8 Å². The first-order chi connectivity index (χ1) is 9.83. The second-order valence-corrected chi connectivity index (χ2v) is 4.12. The van der Waals surface area contributed by atoms with E-state index in [0.717, 1.165) is 5.69 Å². The van der Waals surface area contributed by atoms with Crippen molar-refractivity contribution in [3.63, 3.8) is 0 Å². The fourth-order valence-corrected chi connectivity index (χ4v) is 1.72. The number of H-pyrrole nitrogens is 1. The van der Waals surface area contributed by atoms with Crippen LogP contribution < -0.4 is 5.32 Å². The van der Waals surface area contributed by atoms with Gasteiger partial charge in [0.25, 0.3) is 5.91 Å². The van der Waals surface area contributed by atoms with Gasteiger partial charge in [0, 0.05) is 24.8 Å². The lowest BCUT2D eigenvalue weighted by molar-refractivity contribution is 0.0950. The maximum absolute atomic E-state index is 11.9. The van der Waals surface area contributed by atoms with E-state index in [0.29, 0.717) is 17.9 Å². The number of aromatic nitrogens is 5. The fraction of sp³-hybridized carbons (Fsp3) is 0.0769. The van der Waals surface area contributed by atoms with Crippen LogP contribution in [0.4, 0.5) is 0 Å². The van der Waals surface area contributed by atoms with Gasteiger partial charge in [0.1, 0.15) is 0 Å². The average molecular weight is 268 g/mol. The summed E-state index contributed by atoms with van der Waals surface area (Å²) in [6, 6.07) is 7.08. The number of hydrogen-bond donors (Lipinski definition) is 2. The van der Waals surface area contributed by atoms with Crippen LogP contribution in [0.25, 0.3) is 5.82 Å². The fourth-order valence-electron chi connectivity index (χ4n) is 1.72. The number of aromatic amines is 1. The van der Waals surface area contributed by atoms with Gasteiger partial charge >= 0.3 is 0 Å². The highest BCUT2D eigenvalue weighted by Crippen LogP contribution is 2.05. The molecule has 3 rings (SSSR count). The number of rotatable bonds is 4. The molecular formula is C13H12N6O. The predicted molar refractivity (Wildman–Crippen MR) is 71.1 cm³/mol. The van der Waals surface area contributed by atoms with Gasteiger partial charge < -0.3 is 5.32 Å². The minimum Gasteiger partial charge on any atom is -0.346 e. The van der Waals surface area contributed by atoms with Crippen molar-refractivity contribution >= 4 is 5.91 Å². The third-order valence-corrected chi connectivity index (χ3v) is 2.75. The molecule has 0 saturated carbocycles. The van der Waals surface area contributed by atoms with E-state index < -0.39 is 0 Å². The molecule has 7 heteroatoms. The second kappa shape index (κ2) is 5.35. The van der Waals surface area contributed by atoms with Gasteiger partial charge in [-0.3, -0.25) is 9.89 Å². The third kappa shape index (κ3) is 2.56. The SMILES string of the molecule is O=C(NCc1ccn[nH]1)c1ccc(-n2cccn2)nc1. The second-order valence-electron chi connectivity index (χ2n) is 4.12. The van der Waals surface area contributed by atoms with E-state index in [9.17, 15) is 4.79 Å². The van der Waals surface area contributed by atoms with E-state index in [1.54, 1.807) is 41.5 Å². The van der Waals surface area contributed by atoms with Gasteiger partial charge in [0.2, 0.25) is 0 Å². The summed E-state index contributed by atoms with van der Waals surface area (Å²) >= 11 is 0. The van der Waals surface area contributed by atoms with Gasteiger partial charge in [-0.2, -0.15) is 10.2 Å². The van der Waals surface area contributed by atoms with Crippen molar-refractivity contribution < 1.29 is 4.79 Å². The standard InChI is InChI=1S/C13H12N6O/c20-13(15-9-11-4-6-16-18-11)10-2-3-12(14-8-10)19-7-1-5-17-19/h1-8H,9H2,(H,15,20)(H,16,18). The van der Waals surface area contributed by atoms with E-state index in [2.05, 4.69) is 25.6 Å². The first-order valence-electron chi connectivity index (χ1n) is 6.05. The van der Waals surface area contributed by atoms with Gasteiger partial charge in [0.15, 0.2) is 5.82 Å². The van der Waals surface area contributed by atoms with Crippen molar-refractivity contribution in [3.05, 3.63) is 60.3 Å². The quantitative estimate of drug-likeness (QED) is 0.736. The molecule has 0 radical (unpaired) electrons. The predicted octanol–water partition coefficient (Wildman–Crippen LogP) is 0.920. The highest BCUT2D eigenvalue weighted by Gasteiger charge is 2.07. The Balaban J connectivity index is 1.66. The number of carbonyl (C=O) groups is 1. The highest BCUT2D eigenvalue weighted by atomic mass is 16.1. The number of hydrogen-bond acceptors (Lipinski definition) is 4. The smallest absolute Gasteiger partial charge is 0.253 e. The Labute approximate surface area is 114 Å². The van der Waals surface area contributed by atoms with Crippen LogP contribution in [0.15, 0.2) is 49.1 Å². The van der Waals surface area contributed by atoms with Crippen molar-refractivity contribution in [1.82, 2.24) is 30.3 Å². The number of nitrogens with one attached hydrogen (secondary N) is 2. The van der Waals surface area contributed by atoms with Crippen molar-refractivity contribution in [2.75, 3.05) is 0 Å². The largest absolute Gasteiger partial charge is 0.346 e. The van der Waals surface area contributed by atoms with E-state index >= 15 is 0 Å². The minimum absolute atomic E-state index is 0.181. The normalized spacial score (nSPS) is 10.4. The maximum atomic E-state index is 11.9. The monoisotopic (exact) mass is 268 g/mol. The Morgan fingerprint density at radius 1 is 1.30 bits per heavy atom. The van der Waals surface area contributed by atoms with Gasteiger partial charge in [-0.25, -0.2) is 9.67 Å². The summed E-state index contributed by atoms with van der Waals surface area (Å²) in [4.78, 5) is 16.1. The van der Waals surface area contributed by atoms with Crippen LogP contribution in [0.3, 0.4) is 0 Å². The maximum Gasteiger partial charge on any atom is 0.253 e. The molecule has 0 aliphatic carbocycles. The van der Waals surface area contributed by atoms with Crippen LogP contribution in [0.1, 0.15) is 16.1 Å².